The third-order valence-corrected chi connectivity index (χ3v) is 5.59. The molecule has 1 saturated heterocycles. The van der Waals surface area contributed by atoms with Gasteiger partial charge in [0.05, 0.1) is 22.6 Å². The molecule has 3 rings (SSSR count). The molecule has 1 aliphatic heterocycles. The average Bonchev–Trinajstić information content (AvgIpc) is 3.08. The fourth-order valence-electron chi connectivity index (χ4n) is 3.30. The number of hydrogen-bond acceptors (Lipinski definition) is 4. The predicted molar refractivity (Wildman–Crippen MR) is 98.9 cm³/mol. The fourth-order valence-corrected chi connectivity index (χ4v) is 4.02. The Labute approximate surface area is 147 Å². The van der Waals surface area contributed by atoms with E-state index in [9.17, 15) is 4.79 Å². The Bertz CT molecular complexity index is 656. The minimum Gasteiger partial charge on any atom is -0.351 e. The van der Waals surface area contributed by atoms with Gasteiger partial charge in [0.1, 0.15) is 0 Å². The largest absolute Gasteiger partial charge is 0.351 e. The summed E-state index contributed by atoms with van der Waals surface area (Å²) >= 11 is 1.60. The Morgan fingerprint density at radius 3 is 2.96 bits per heavy atom. The van der Waals surface area contributed by atoms with E-state index < -0.39 is 0 Å². The Morgan fingerprint density at radius 2 is 2.17 bits per heavy atom. The molecular formula is C19H25N3OS. The van der Waals surface area contributed by atoms with Gasteiger partial charge >= 0.3 is 0 Å². The number of nitrogens with one attached hydrogen (secondary N) is 1. The lowest BCUT2D eigenvalue weighted by molar-refractivity contribution is -0.121. The molecule has 1 N–H and O–H groups in total. The van der Waals surface area contributed by atoms with E-state index in [0.717, 1.165) is 29.1 Å². The van der Waals surface area contributed by atoms with E-state index in [1.54, 1.807) is 11.3 Å². The van der Waals surface area contributed by atoms with Crippen LogP contribution in [0, 0.1) is 0 Å². The number of hydrogen-bond donors (Lipinski definition) is 1. The Kier molecular flexibility index (Phi) is 5.99. The molecule has 5 heteroatoms. The molecule has 1 amide bonds. The topological polar surface area (TPSA) is 45.2 Å². The number of rotatable bonds is 6. The number of thiazole rings is 1. The first kappa shape index (κ1) is 17.1. The Balaban J connectivity index is 1.49. The van der Waals surface area contributed by atoms with Gasteiger partial charge in [-0.2, -0.15) is 0 Å². The zero-order valence-corrected chi connectivity index (χ0v) is 15.0. The molecule has 2 aromatic rings. The molecule has 1 atom stereocenters. The Morgan fingerprint density at radius 1 is 1.33 bits per heavy atom. The number of carbonyl (C=O) groups excluding carboxylic acids is 1. The smallest absolute Gasteiger partial charge is 0.220 e. The highest BCUT2D eigenvalue weighted by atomic mass is 32.1. The molecule has 1 unspecified atom stereocenters. The van der Waals surface area contributed by atoms with Crippen LogP contribution in [0.5, 0.6) is 0 Å². The highest BCUT2D eigenvalue weighted by molar-refractivity contribution is 7.10. The van der Waals surface area contributed by atoms with E-state index >= 15 is 0 Å². The number of amides is 1. The van der Waals surface area contributed by atoms with Crippen molar-refractivity contribution in [2.24, 2.45) is 0 Å². The van der Waals surface area contributed by atoms with E-state index in [0.29, 0.717) is 19.0 Å². The third kappa shape index (κ3) is 4.42. The molecule has 0 aliphatic carbocycles. The van der Waals surface area contributed by atoms with Gasteiger partial charge in [0.2, 0.25) is 5.91 Å². The summed E-state index contributed by atoms with van der Waals surface area (Å²) in [5, 5.41) is 3.06. The molecule has 24 heavy (non-hydrogen) atoms. The van der Waals surface area contributed by atoms with Gasteiger partial charge in [0.15, 0.2) is 0 Å². The van der Waals surface area contributed by atoms with Crippen LogP contribution in [0.25, 0.3) is 11.3 Å². The first-order valence-corrected chi connectivity index (χ1v) is 9.56. The zero-order chi connectivity index (χ0) is 16.8. The summed E-state index contributed by atoms with van der Waals surface area (Å²) in [5.74, 6) is 0.140. The van der Waals surface area contributed by atoms with E-state index in [4.69, 9.17) is 0 Å². The first-order chi connectivity index (χ1) is 11.7. The standard InChI is InChI=1S/C19H25N3OS/c1-22-12-6-5-9-16(22)10-11-18(23)20-13-17-19(21-14-24-17)15-7-3-2-4-8-15/h2-4,7-8,14,16H,5-6,9-13H2,1H3,(H,20,23). The van der Waals surface area contributed by atoms with Crippen molar-refractivity contribution in [2.45, 2.75) is 44.7 Å². The van der Waals surface area contributed by atoms with E-state index in [1.807, 2.05) is 23.7 Å². The predicted octanol–water partition coefficient (Wildman–Crippen LogP) is 3.69. The van der Waals surface area contributed by atoms with Gasteiger partial charge in [-0.1, -0.05) is 36.8 Å². The van der Waals surface area contributed by atoms with Gasteiger partial charge in [-0.3, -0.25) is 4.79 Å². The lowest BCUT2D eigenvalue weighted by Crippen LogP contribution is -2.37. The van der Waals surface area contributed by atoms with Crippen LogP contribution in [0.1, 0.15) is 37.0 Å². The first-order valence-electron chi connectivity index (χ1n) is 8.69. The quantitative estimate of drug-likeness (QED) is 0.870. The van der Waals surface area contributed by atoms with Crippen molar-refractivity contribution >= 4 is 17.2 Å². The maximum absolute atomic E-state index is 12.2. The van der Waals surface area contributed by atoms with Crippen molar-refractivity contribution in [1.29, 1.82) is 0 Å². The number of carbonyl (C=O) groups is 1. The second-order valence-electron chi connectivity index (χ2n) is 6.44. The third-order valence-electron chi connectivity index (χ3n) is 4.76. The van der Waals surface area contributed by atoms with Crippen molar-refractivity contribution in [3.8, 4) is 11.3 Å². The van der Waals surface area contributed by atoms with Crippen molar-refractivity contribution in [2.75, 3.05) is 13.6 Å². The van der Waals surface area contributed by atoms with E-state index in [1.165, 1.54) is 19.3 Å². The normalized spacial score (nSPS) is 18.5. The Hall–Kier alpha value is -1.72. The molecule has 4 nitrogen and oxygen atoms in total. The van der Waals surface area contributed by atoms with Crippen LogP contribution < -0.4 is 5.32 Å². The maximum atomic E-state index is 12.2. The summed E-state index contributed by atoms with van der Waals surface area (Å²) in [6, 6.07) is 10.7. The average molecular weight is 343 g/mol. The van der Waals surface area contributed by atoms with Crippen LogP contribution in [0.15, 0.2) is 35.8 Å². The van der Waals surface area contributed by atoms with Crippen LogP contribution in [0.3, 0.4) is 0 Å². The molecule has 1 fully saturated rings. The molecule has 1 aliphatic rings. The summed E-state index contributed by atoms with van der Waals surface area (Å²) in [4.78, 5) is 20.2. The SMILES string of the molecule is CN1CCCCC1CCC(=O)NCc1scnc1-c1ccccc1. The molecular weight excluding hydrogens is 318 g/mol. The van der Waals surface area contributed by atoms with Gasteiger partial charge in [0.25, 0.3) is 0 Å². The molecule has 2 heterocycles. The molecule has 128 valence electrons. The van der Waals surface area contributed by atoms with Gasteiger partial charge < -0.3 is 10.2 Å². The number of piperidine rings is 1. The molecule has 0 radical (unpaired) electrons. The number of nitrogens with zero attached hydrogens (tertiary/aromatic N) is 2. The summed E-state index contributed by atoms with van der Waals surface area (Å²) in [7, 11) is 2.17. The lowest BCUT2D eigenvalue weighted by atomic mass is 9.98. The van der Waals surface area contributed by atoms with Crippen LogP contribution >= 0.6 is 11.3 Å². The zero-order valence-electron chi connectivity index (χ0n) is 14.2. The van der Waals surface area contributed by atoms with Crippen molar-refractivity contribution in [1.82, 2.24) is 15.2 Å². The van der Waals surface area contributed by atoms with Crippen LogP contribution in [0.4, 0.5) is 0 Å². The van der Waals surface area contributed by atoms with Crippen molar-refractivity contribution in [3.63, 3.8) is 0 Å². The van der Waals surface area contributed by atoms with Crippen molar-refractivity contribution < 1.29 is 4.79 Å². The van der Waals surface area contributed by atoms with E-state index in [2.05, 4.69) is 34.4 Å². The number of benzene rings is 1. The van der Waals surface area contributed by atoms with Gasteiger partial charge in [-0.15, -0.1) is 11.3 Å². The highest BCUT2D eigenvalue weighted by Gasteiger charge is 2.19. The van der Waals surface area contributed by atoms with E-state index in [-0.39, 0.29) is 5.91 Å². The second kappa shape index (κ2) is 8.40. The number of aromatic nitrogens is 1. The molecule has 1 aromatic carbocycles. The van der Waals surface area contributed by atoms with Gasteiger partial charge in [-0.05, 0) is 32.9 Å². The molecule has 1 aromatic heterocycles. The highest BCUT2D eigenvalue weighted by Crippen LogP contribution is 2.25. The van der Waals surface area contributed by atoms with Gasteiger partial charge in [0, 0.05) is 18.0 Å². The summed E-state index contributed by atoms with van der Waals surface area (Å²) in [6.07, 6.45) is 5.35. The molecule has 0 saturated carbocycles. The lowest BCUT2D eigenvalue weighted by Gasteiger charge is -2.32. The summed E-state index contributed by atoms with van der Waals surface area (Å²) < 4.78 is 0. The summed E-state index contributed by atoms with van der Waals surface area (Å²) in [5.41, 5.74) is 3.93. The fraction of sp³-hybridized carbons (Fsp3) is 0.474. The van der Waals surface area contributed by atoms with Crippen LogP contribution in [-0.4, -0.2) is 35.4 Å². The minimum absolute atomic E-state index is 0.140. The minimum atomic E-state index is 0.140. The van der Waals surface area contributed by atoms with Crippen LogP contribution in [0.2, 0.25) is 0 Å². The van der Waals surface area contributed by atoms with Gasteiger partial charge in [-0.25, -0.2) is 4.98 Å². The monoisotopic (exact) mass is 343 g/mol. The van der Waals surface area contributed by atoms with Crippen molar-refractivity contribution in [3.05, 3.63) is 40.7 Å². The maximum Gasteiger partial charge on any atom is 0.220 e. The number of likely N-dealkylation sites (tertiary alicyclic amines) is 1. The molecule has 0 spiro atoms. The second-order valence-corrected chi connectivity index (χ2v) is 7.38. The molecule has 0 bridgehead atoms. The summed E-state index contributed by atoms with van der Waals surface area (Å²) in [6.45, 7) is 1.72. The van der Waals surface area contributed by atoms with Crippen LogP contribution in [-0.2, 0) is 11.3 Å².